The van der Waals surface area contributed by atoms with Crippen LogP contribution in [0.25, 0.3) is 0 Å². The molecule has 0 aromatic rings. The zero-order chi connectivity index (χ0) is 21.2. The lowest BCUT2D eigenvalue weighted by Crippen LogP contribution is -2.31. The number of hydrogen-bond acceptors (Lipinski definition) is 4. The van der Waals surface area contributed by atoms with Crippen molar-refractivity contribution in [2.75, 3.05) is 39.5 Å². The van der Waals surface area contributed by atoms with Crippen molar-refractivity contribution in [2.45, 2.75) is 74.3 Å². The van der Waals surface area contributed by atoms with Gasteiger partial charge in [0.25, 0.3) is 0 Å². The van der Waals surface area contributed by atoms with Gasteiger partial charge in [-0.05, 0) is 19.3 Å². The first-order chi connectivity index (χ1) is 12.8. The monoisotopic (exact) mass is 390 g/mol. The summed E-state index contributed by atoms with van der Waals surface area (Å²) >= 11 is 0. The van der Waals surface area contributed by atoms with Gasteiger partial charge in [-0.25, -0.2) is 0 Å². The summed E-state index contributed by atoms with van der Waals surface area (Å²) in [6, 6.07) is 0. The van der Waals surface area contributed by atoms with Crippen molar-refractivity contribution in [3.05, 3.63) is 0 Å². The summed E-state index contributed by atoms with van der Waals surface area (Å²) in [5.41, 5.74) is 0. The van der Waals surface area contributed by atoms with E-state index in [2.05, 4.69) is 19.2 Å². The maximum absolute atomic E-state index is 11.2. The highest BCUT2D eigenvalue weighted by Gasteiger charge is 2.24. The molecule has 1 aliphatic heterocycles. The molecule has 1 unspecified atom stereocenters. The molecule has 0 aliphatic carbocycles. The Hall–Kier alpha value is -1.14. The number of likely N-dealkylation sites (tertiary alicyclic amines) is 1. The molecular formula is C21H46N2O4. The van der Waals surface area contributed by atoms with Gasteiger partial charge in [0.1, 0.15) is 0 Å². The van der Waals surface area contributed by atoms with Gasteiger partial charge < -0.3 is 19.7 Å². The number of hydrogen-bond donors (Lipinski definition) is 1. The largest absolute Gasteiger partial charge is 0.379 e. The van der Waals surface area contributed by atoms with E-state index < -0.39 is 0 Å². The van der Waals surface area contributed by atoms with E-state index in [0.717, 1.165) is 32.7 Å². The molecule has 1 atom stereocenters. The van der Waals surface area contributed by atoms with Crippen molar-refractivity contribution >= 4 is 11.8 Å². The van der Waals surface area contributed by atoms with Crippen LogP contribution in [0.3, 0.4) is 0 Å². The van der Waals surface area contributed by atoms with Crippen molar-refractivity contribution in [1.82, 2.24) is 10.2 Å². The van der Waals surface area contributed by atoms with Crippen LogP contribution >= 0.6 is 0 Å². The van der Waals surface area contributed by atoms with Crippen LogP contribution in [0.2, 0.25) is 0 Å². The number of rotatable bonds is 9. The van der Waals surface area contributed by atoms with Crippen LogP contribution in [0.4, 0.5) is 0 Å². The standard InChI is InChI=1S/C10H21NO2.C9H17NO2.C2H6.H2/c1-8(2)7-13-6-5-11-10(12)9(3)4;1-3-9(11)10-6-5-8(7-10)12-4-2;1-2;/h8-9H,5-7H2,1-4H3,(H,11,12);8H,3-7H2,1-2H3;1-2H3;1H. The highest BCUT2D eigenvalue weighted by Crippen LogP contribution is 2.13. The van der Waals surface area contributed by atoms with Gasteiger partial charge in [-0.3, -0.25) is 9.59 Å². The number of amides is 2. The molecule has 1 rings (SSSR count). The van der Waals surface area contributed by atoms with Crippen molar-refractivity contribution in [2.24, 2.45) is 11.8 Å². The van der Waals surface area contributed by atoms with Crippen LogP contribution in [-0.4, -0.2) is 62.3 Å². The van der Waals surface area contributed by atoms with E-state index in [-0.39, 0.29) is 25.3 Å². The molecule has 1 N–H and O–H groups in total. The smallest absolute Gasteiger partial charge is 0.222 e. The molecule has 1 saturated heterocycles. The van der Waals surface area contributed by atoms with Crippen molar-refractivity contribution in [3.63, 3.8) is 0 Å². The molecule has 6 nitrogen and oxygen atoms in total. The summed E-state index contributed by atoms with van der Waals surface area (Å²) in [5.74, 6) is 0.955. The first kappa shape index (κ1) is 28.1. The first-order valence-corrected chi connectivity index (χ1v) is 10.6. The molecule has 0 bridgehead atoms. The van der Waals surface area contributed by atoms with Gasteiger partial charge >= 0.3 is 0 Å². The molecule has 0 aromatic heterocycles. The second-order valence-electron chi connectivity index (χ2n) is 6.97. The molecule has 0 radical (unpaired) electrons. The summed E-state index contributed by atoms with van der Waals surface area (Å²) in [6.07, 6.45) is 1.89. The fourth-order valence-electron chi connectivity index (χ4n) is 2.32. The Morgan fingerprint density at radius 3 is 2.30 bits per heavy atom. The Balaban J connectivity index is -0.000000397. The molecule has 164 valence electrons. The van der Waals surface area contributed by atoms with Crippen molar-refractivity contribution in [1.29, 1.82) is 0 Å². The van der Waals surface area contributed by atoms with Crippen molar-refractivity contribution < 1.29 is 20.5 Å². The number of nitrogens with one attached hydrogen (secondary N) is 1. The molecular weight excluding hydrogens is 344 g/mol. The van der Waals surface area contributed by atoms with Gasteiger partial charge in [0, 0.05) is 46.6 Å². The fourth-order valence-corrected chi connectivity index (χ4v) is 2.32. The highest BCUT2D eigenvalue weighted by molar-refractivity contribution is 5.77. The van der Waals surface area contributed by atoms with E-state index in [0.29, 0.717) is 25.5 Å². The minimum atomic E-state index is 0. The molecule has 1 fully saturated rings. The zero-order valence-electron chi connectivity index (χ0n) is 19.0. The van der Waals surface area contributed by atoms with Gasteiger partial charge in [0.15, 0.2) is 0 Å². The second kappa shape index (κ2) is 18.2. The predicted molar refractivity (Wildman–Crippen MR) is 114 cm³/mol. The molecule has 0 spiro atoms. The Labute approximate surface area is 168 Å². The number of ether oxygens (including phenoxy) is 2. The Bertz CT molecular complexity index is 379. The van der Waals surface area contributed by atoms with Gasteiger partial charge in [-0.1, -0.05) is 48.5 Å². The van der Waals surface area contributed by atoms with Crippen LogP contribution in [0, 0.1) is 11.8 Å². The number of carbonyl (C=O) groups is 2. The van der Waals surface area contributed by atoms with E-state index in [1.165, 1.54) is 0 Å². The molecule has 0 aromatic carbocycles. The van der Waals surface area contributed by atoms with E-state index in [1.54, 1.807) is 0 Å². The van der Waals surface area contributed by atoms with Gasteiger partial charge in [-0.2, -0.15) is 0 Å². The SMILES string of the molecule is CC.CC(C)COCCNC(=O)C(C)C.CCOC1CCN(C(=O)CC)C1.[HH]. The van der Waals surface area contributed by atoms with Gasteiger partial charge in [0.05, 0.1) is 12.7 Å². The fraction of sp³-hybridized carbons (Fsp3) is 0.905. The zero-order valence-corrected chi connectivity index (χ0v) is 19.0. The minimum Gasteiger partial charge on any atom is -0.379 e. The maximum Gasteiger partial charge on any atom is 0.222 e. The summed E-state index contributed by atoms with van der Waals surface area (Å²) in [4.78, 5) is 24.2. The number of carbonyl (C=O) groups excluding carboxylic acids is 2. The quantitative estimate of drug-likeness (QED) is 0.609. The lowest BCUT2D eigenvalue weighted by molar-refractivity contribution is -0.130. The molecule has 0 saturated carbocycles. The van der Waals surface area contributed by atoms with Gasteiger partial charge in [0.2, 0.25) is 11.8 Å². The van der Waals surface area contributed by atoms with E-state index in [1.807, 2.05) is 46.4 Å². The third-order valence-electron chi connectivity index (χ3n) is 3.72. The Morgan fingerprint density at radius 1 is 1.19 bits per heavy atom. The molecule has 1 heterocycles. The molecule has 1 aliphatic rings. The normalized spacial score (nSPS) is 15.8. The molecule has 27 heavy (non-hydrogen) atoms. The van der Waals surface area contributed by atoms with Crippen molar-refractivity contribution in [3.8, 4) is 0 Å². The predicted octanol–water partition coefficient (Wildman–Crippen LogP) is 3.74. The van der Waals surface area contributed by atoms with Gasteiger partial charge in [-0.15, -0.1) is 0 Å². The van der Waals surface area contributed by atoms with Crippen LogP contribution in [0.1, 0.15) is 69.7 Å². The second-order valence-corrected chi connectivity index (χ2v) is 6.97. The lowest BCUT2D eigenvalue weighted by atomic mass is 10.2. The van der Waals surface area contributed by atoms with Crippen LogP contribution in [0.5, 0.6) is 0 Å². The van der Waals surface area contributed by atoms with Crippen LogP contribution in [0.15, 0.2) is 0 Å². The summed E-state index contributed by atoms with van der Waals surface area (Å²) in [5, 5.41) is 2.79. The minimum absolute atomic E-state index is 0. The topological polar surface area (TPSA) is 67.9 Å². The van der Waals surface area contributed by atoms with Crippen LogP contribution < -0.4 is 5.32 Å². The van der Waals surface area contributed by atoms with E-state index >= 15 is 0 Å². The lowest BCUT2D eigenvalue weighted by Gasteiger charge is -2.15. The first-order valence-electron chi connectivity index (χ1n) is 10.6. The summed E-state index contributed by atoms with van der Waals surface area (Å²) in [6.45, 7) is 20.3. The average Bonchev–Trinajstić information content (AvgIpc) is 3.11. The summed E-state index contributed by atoms with van der Waals surface area (Å²) in [7, 11) is 0. The molecule has 6 heteroatoms. The maximum atomic E-state index is 11.2. The summed E-state index contributed by atoms with van der Waals surface area (Å²) < 4.78 is 10.7. The highest BCUT2D eigenvalue weighted by atomic mass is 16.5. The van der Waals surface area contributed by atoms with Crippen LogP contribution in [-0.2, 0) is 19.1 Å². The molecule has 2 amide bonds. The third kappa shape index (κ3) is 15.6. The average molecular weight is 391 g/mol. The number of nitrogens with zero attached hydrogens (tertiary/aromatic N) is 1. The van der Waals surface area contributed by atoms with E-state index in [4.69, 9.17) is 9.47 Å². The third-order valence-corrected chi connectivity index (χ3v) is 3.72. The Kier molecular flexibility index (Phi) is 19.0. The Morgan fingerprint density at radius 2 is 1.81 bits per heavy atom. The van der Waals surface area contributed by atoms with E-state index in [9.17, 15) is 9.59 Å².